The number of aliphatic hydroxyl groups is 1. The van der Waals surface area contributed by atoms with E-state index in [-0.39, 0.29) is 18.1 Å². The van der Waals surface area contributed by atoms with E-state index >= 15 is 0 Å². The van der Waals surface area contributed by atoms with Crippen LogP contribution in [0.3, 0.4) is 0 Å². The average molecular weight is 211 g/mol. The predicted molar refractivity (Wildman–Crippen MR) is 55.8 cm³/mol. The molecule has 15 heavy (non-hydrogen) atoms. The smallest absolute Gasteiger partial charge is 0.311 e. The number of hydrogen-bond donors (Lipinski definition) is 2. The van der Waals surface area contributed by atoms with Gasteiger partial charge in [0, 0.05) is 18.3 Å². The first-order chi connectivity index (χ1) is 7.00. The van der Waals surface area contributed by atoms with Gasteiger partial charge in [-0.05, 0) is 19.9 Å². The molecular weight excluding hydrogens is 198 g/mol. The number of hydrogen-bond acceptors (Lipinski definition) is 5. The molecule has 0 bridgehead atoms. The van der Waals surface area contributed by atoms with Gasteiger partial charge in [-0.3, -0.25) is 10.1 Å². The Balaban J connectivity index is 2.92. The van der Waals surface area contributed by atoms with Crippen LogP contribution in [-0.4, -0.2) is 27.7 Å². The fourth-order valence-electron chi connectivity index (χ4n) is 1.07. The van der Waals surface area contributed by atoms with Crippen molar-refractivity contribution >= 4 is 11.5 Å². The molecule has 1 aromatic rings. The molecule has 0 aliphatic rings. The molecule has 0 aliphatic heterocycles. The van der Waals surface area contributed by atoms with Gasteiger partial charge in [0.25, 0.3) is 0 Å². The van der Waals surface area contributed by atoms with E-state index in [1.54, 1.807) is 19.9 Å². The quantitative estimate of drug-likeness (QED) is 0.575. The normalized spacial score (nSPS) is 12.2. The third-order valence-electron chi connectivity index (χ3n) is 1.77. The van der Waals surface area contributed by atoms with Crippen LogP contribution in [0.25, 0.3) is 0 Å². The number of anilines is 1. The van der Waals surface area contributed by atoms with Crippen molar-refractivity contribution in [3.8, 4) is 0 Å². The van der Waals surface area contributed by atoms with Gasteiger partial charge in [0.1, 0.15) is 0 Å². The predicted octanol–water partition coefficient (Wildman–Crippen LogP) is 1.09. The third kappa shape index (κ3) is 3.17. The maximum Gasteiger partial charge on any atom is 0.311 e. The molecule has 1 rings (SSSR count). The molecule has 82 valence electrons. The minimum atomic E-state index is -0.577. The molecule has 0 aliphatic carbocycles. The zero-order valence-corrected chi connectivity index (χ0v) is 8.60. The standard InChI is InChI=1S/C9H13N3O3/c1-6-3-4-8(12(14)15)9(11-6)10-5-7(2)13/h3-4,7,13H,5H2,1-2H3,(H,10,11)/t7-/m1/s1. The molecule has 0 radical (unpaired) electrons. The highest BCUT2D eigenvalue weighted by Crippen LogP contribution is 2.21. The van der Waals surface area contributed by atoms with E-state index in [0.29, 0.717) is 5.69 Å². The van der Waals surface area contributed by atoms with Crippen molar-refractivity contribution in [2.75, 3.05) is 11.9 Å². The number of nitro groups is 1. The lowest BCUT2D eigenvalue weighted by Crippen LogP contribution is -2.17. The van der Waals surface area contributed by atoms with Crippen LogP contribution in [-0.2, 0) is 0 Å². The van der Waals surface area contributed by atoms with Gasteiger partial charge in [0.15, 0.2) is 0 Å². The molecule has 0 fully saturated rings. The maximum atomic E-state index is 10.6. The molecule has 0 saturated carbocycles. The summed E-state index contributed by atoms with van der Waals surface area (Å²) >= 11 is 0. The minimum absolute atomic E-state index is 0.0822. The Kier molecular flexibility index (Phi) is 3.56. The molecule has 0 spiro atoms. The van der Waals surface area contributed by atoms with Crippen molar-refractivity contribution < 1.29 is 10.0 Å². The van der Waals surface area contributed by atoms with Gasteiger partial charge in [0.2, 0.25) is 5.82 Å². The Hall–Kier alpha value is -1.69. The Labute approximate surface area is 87.1 Å². The van der Waals surface area contributed by atoms with Crippen molar-refractivity contribution in [1.29, 1.82) is 0 Å². The highest BCUT2D eigenvalue weighted by atomic mass is 16.6. The first-order valence-corrected chi connectivity index (χ1v) is 4.54. The molecule has 1 atom stereocenters. The molecule has 0 aromatic carbocycles. The second kappa shape index (κ2) is 4.70. The van der Waals surface area contributed by atoms with Crippen LogP contribution < -0.4 is 5.32 Å². The van der Waals surface area contributed by atoms with Gasteiger partial charge in [-0.1, -0.05) is 0 Å². The third-order valence-corrected chi connectivity index (χ3v) is 1.77. The summed E-state index contributed by atoms with van der Waals surface area (Å²) in [5.74, 6) is 0.195. The first-order valence-electron chi connectivity index (χ1n) is 4.54. The van der Waals surface area contributed by atoms with Crippen molar-refractivity contribution in [3.63, 3.8) is 0 Å². The van der Waals surface area contributed by atoms with Crippen molar-refractivity contribution in [2.45, 2.75) is 20.0 Å². The summed E-state index contributed by atoms with van der Waals surface area (Å²) in [5, 5.41) is 22.4. The van der Waals surface area contributed by atoms with E-state index in [9.17, 15) is 10.1 Å². The van der Waals surface area contributed by atoms with Crippen molar-refractivity contribution in [1.82, 2.24) is 4.98 Å². The summed E-state index contributed by atoms with van der Waals surface area (Å²) in [7, 11) is 0. The molecule has 0 amide bonds. The van der Waals surface area contributed by atoms with Gasteiger partial charge in [-0.25, -0.2) is 4.98 Å². The zero-order valence-electron chi connectivity index (χ0n) is 8.60. The van der Waals surface area contributed by atoms with Crippen LogP contribution in [0.4, 0.5) is 11.5 Å². The summed E-state index contributed by atoms with van der Waals surface area (Å²) in [6.45, 7) is 3.57. The van der Waals surface area contributed by atoms with Crippen LogP contribution >= 0.6 is 0 Å². The fraction of sp³-hybridized carbons (Fsp3) is 0.444. The fourth-order valence-corrected chi connectivity index (χ4v) is 1.07. The van der Waals surface area contributed by atoms with E-state index in [1.807, 2.05) is 0 Å². The lowest BCUT2D eigenvalue weighted by Gasteiger charge is -2.08. The van der Waals surface area contributed by atoms with Crippen molar-refractivity contribution in [2.24, 2.45) is 0 Å². The van der Waals surface area contributed by atoms with Gasteiger partial charge in [-0.15, -0.1) is 0 Å². The lowest BCUT2D eigenvalue weighted by atomic mass is 10.3. The number of aromatic nitrogens is 1. The SMILES string of the molecule is Cc1ccc([N+](=O)[O-])c(NC[C@@H](C)O)n1. The zero-order chi connectivity index (χ0) is 11.4. The number of nitrogens with one attached hydrogen (secondary N) is 1. The van der Waals surface area contributed by atoms with Crippen LogP contribution in [0.1, 0.15) is 12.6 Å². The number of pyridine rings is 1. The molecule has 1 aromatic heterocycles. The summed E-state index contributed by atoms with van der Waals surface area (Å²) in [6.07, 6.45) is -0.577. The second-order valence-corrected chi connectivity index (χ2v) is 3.31. The van der Waals surface area contributed by atoms with Crippen LogP contribution in [0, 0.1) is 17.0 Å². The Bertz CT molecular complexity index is 366. The van der Waals surface area contributed by atoms with Gasteiger partial charge in [0.05, 0.1) is 11.0 Å². The van der Waals surface area contributed by atoms with Gasteiger partial charge < -0.3 is 10.4 Å². The number of rotatable bonds is 4. The second-order valence-electron chi connectivity index (χ2n) is 3.31. The summed E-state index contributed by atoms with van der Waals surface area (Å²) in [4.78, 5) is 14.1. The number of aryl methyl sites for hydroxylation is 1. The van der Waals surface area contributed by atoms with Crippen LogP contribution in [0.2, 0.25) is 0 Å². The van der Waals surface area contributed by atoms with E-state index < -0.39 is 11.0 Å². The Morgan fingerprint density at radius 1 is 1.67 bits per heavy atom. The summed E-state index contributed by atoms with van der Waals surface area (Å²) in [5.41, 5.74) is 0.606. The summed E-state index contributed by atoms with van der Waals surface area (Å²) in [6, 6.07) is 2.97. The average Bonchev–Trinajstić information content (AvgIpc) is 2.14. The van der Waals surface area contributed by atoms with E-state index in [0.717, 1.165) is 0 Å². The summed E-state index contributed by atoms with van der Waals surface area (Å²) < 4.78 is 0. The number of aliphatic hydroxyl groups excluding tert-OH is 1. The highest BCUT2D eigenvalue weighted by Gasteiger charge is 2.14. The van der Waals surface area contributed by atoms with Gasteiger partial charge >= 0.3 is 5.69 Å². The monoisotopic (exact) mass is 211 g/mol. The van der Waals surface area contributed by atoms with E-state index in [4.69, 9.17) is 5.11 Å². The first kappa shape index (κ1) is 11.4. The van der Waals surface area contributed by atoms with Crippen molar-refractivity contribution in [3.05, 3.63) is 27.9 Å². The molecule has 2 N–H and O–H groups in total. The molecule has 1 heterocycles. The highest BCUT2D eigenvalue weighted by molar-refractivity contribution is 5.56. The van der Waals surface area contributed by atoms with E-state index in [1.165, 1.54) is 6.07 Å². The molecular formula is C9H13N3O3. The molecule has 0 saturated heterocycles. The van der Waals surface area contributed by atoms with E-state index in [2.05, 4.69) is 10.3 Å². The molecule has 0 unspecified atom stereocenters. The molecule has 6 nitrogen and oxygen atoms in total. The largest absolute Gasteiger partial charge is 0.392 e. The van der Waals surface area contributed by atoms with Gasteiger partial charge in [-0.2, -0.15) is 0 Å². The van der Waals surface area contributed by atoms with Crippen LogP contribution in [0.15, 0.2) is 12.1 Å². The van der Waals surface area contributed by atoms with Crippen LogP contribution in [0.5, 0.6) is 0 Å². The Morgan fingerprint density at radius 3 is 2.87 bits per heavy atom. The topological polar surface area (TPSA) is 88.3 Å². The lowest BCUT2D eigenvalue weighted by molar-refractivity contribution is -0.384. The minimum Gasteiger partial charge on any atom is -0.392 e. The molecule has 6 heteroatoms. The Morgan fingerprint density at radius 2 is 2.33 bits per heavy atom. The number of nitrogens with zero attached hydrogens (tertiary/aromatic N) is 2. The maximum absolute atomic E-state index is 10.6.